The molecule has 0 aromatic carbocycles. The fourth-order valence-corrected chi connectivity index (χ4v) is 1.98. The zero-order valence-electron chi connectivity index (χ0n) is 8.83. The second-order valence-electron chi connectivity index (χ2n) is 4.77. The van der Waals surface area contributed by atoms with Gasteiger partial charge in [0, 0.05) is 11.1 Å². The molecule has 75 valence electrons. The molecule has 1 radical (unpaired) electrons. The van der Waals surface area contributed by atoms with Crippen LogP contribution in [0.4, 0.5) is 0 Å². The van der Waals surface area contributed by atoms with Crippen LogP contribution in [0.1, 0.15) is 47.0 Å². The number of hydroxylamine groups is 2. The first-order valence-corrected chi connectivity index (χ1v) is 4.52. The molecule has 13 heavy (non-hydrogen) atoms. The first-order valence-electron chi connectivity index (χ1n) is 4.52. The molecule has 0 aromatic heterocycles. The fourth-order valence-electron chi connectivity index (χ4n) is 1.98. The molecule has 0 bridgehead atoms. The second kappa shape index (κ2) is 4.20. The van der Waals surface area contributed by atoms with Crippen LogP contribution >= 0.6 is 0 Å². The van der Waals surface area contributed by atoms with Gasteiger partial charge in [-0.2, -0.15) is 0 Å². The van der Waals surface area contributed by atoms with Crippen LogP contribution in [-0.2, 0) is 9.98 Å². The van der Waals surface area contributed by atoms with E-state index in [9.17, 15) is 5.21 Å². The topological polar surface area (TPSA) is 66.8 Å². The minimum absolute atomic E-state index is 0.151. The summed E-state index contributed by atoms with van der Waals surface area (Å²) in [6.07, 6.45) is 3.23. The molecular formula is C9H18N2O2+. The zero-order chi connectivity index (χ0) is 10.7. The van der Waals surface area contributed by atoms with Gasteiger partial charge < -0.3 is 0 Å². The molecule has 1 aliphatic heterocycles. The van der Waals surface area contributed by atoms with Crippen molar-refractivity contribution in [2.24, 2.45) is 0 Å². The summed E-state index contributed by atoms with van der Waals surface area (Å²) in [7, 11) is 0. The Hall–Kier alpha value is -0.410. The van der Waals surface area contributed by atoms with E-state index in [2.05, 4.69) is 0 Å². The molecule has 1 rings (SSSR count). The third kappa shape index (κ3) is 2.78. The summed E-state index contributed by atoms with van der Waals surface area (Å²) in [5.41, 5.74) is 5.45. The van der Waals surface area contributed by atoms with E-state index in [-0.39, 0.29) is 11.1 Å². The molecule has 0 amide bonds. The van der Waals surface area contributed by atoms with Crippen LogP contribution in [0.2, 0.25) is 0 Å². The van der Waals surface area contributed by atoms with E-state index in [4.69, 9.17) is 10.2 Å². The van der Waals surface area contributed by atoms with Crippen molar-refractivity contribution in [3.63, 3.8) is 0 Å². The van der Waals surface area contributed by atoms with Gasteiger partial charge in [-0.05, 0) is 47.0 Å². The monoisotopic (exact) mass is 186 g/mol. The Morgan fingerprint density at radius 1 is 1.08 bits per heavy atom. The normalized spacial score (nSPS) is 25.8. The molecule has 1 fully saturated rings. The molecule has 4 heteroatoms. The molecule has 0 N–H and O–H groups in total. The van der Waals surface area contributed by atoms with Crippen molar-refractivity contribution in [3.8, 4) is 0 Å². The van der Waals surface area contributed by atoms with E-state index in [1.165, 1.54) is 11.5 Å². The van der Waals surface area contributed by atoms with Gasteiger partial charge in [-0.15, -0.1) is 10.3 Å². The van der Waals surface area contributed by atoms with Crippen LogP contribution in [0.25, 0.3) is 0 Å². The Bertz CT molecular complexity index is 171. The molecule has 0 spiro atoms. The fraction of sp³-hybridized carbons (Fsp3) is 1.00. The predicted molar refractivity (Wildman–Crippen MR) is 46.9 cm³/mol. The predicted octanol–water partition coefficient (Wildman–Crippen LogP) is 2.27. The first kappa shape index (κ1) is 12.6. The Labute approximate surface area is 79.4 Å². The molecule has 0 atom stereocenters. The van der Waals surface area contributed by atoms with Crippen molar-refractivity contribution in [3.05, 3.63) is 0 Å². The Morgan fingerprint density at radius 3 is 1.62 bits per heavy atom. The number of piperidine rings is 1. The number of nitrogens with zero attached hydrogens (tertiary/aromatic N) is 2. The van der Waals surface area contributed by atoms with Gasteiger partial charge in [0.05, 0.1) is 0 Å². The molecule has 0 unspecified atom stereocenters. The average Bonchev–Trinajstić information content (AvgIpc) is 2.04. The molecule has 1 saturated heterocycles. The van der Waals surface area contributed by atoms with Gasteiger partial charge in [0.1, 0.15) is 0 Å². The van der Waals surface area contributed by atoms with Crippen molar-refractivity contribution in [1.82, 2.24) is 5.06 Å². The average molecular weight is 186 g/mol. The van der Waals surface area contributed by atoms with Gasteiger partial charge in [-0.3, -0.25) is 0 Å². The molecule has 1 heterocycles. The van der Waals surface area contributed by atoms with Crippen molar-refractivity contribution >= 4 is 0 Å². The summed E-state index contributed by atoms with van der Waals surface area (Å²) in [6, 6.07) is 0. The summed E-state index contributed by atoms with van der Waals surface area (Å²) in [5.74, 6) is 0. The molecule has 0 aliphatic carbocycles. The van der Waals surface area contributed by atoms with Crippen LogP contribution in [0.3, 0.4) is 0 Å². The van der Waals surface area contributed by atoms with E-state index < -0.39 is 0 Å². The Morgan fingerprint density at radius 2 is 1.38 bits per heavy atom. The minimum atomic E-state index is -0.151. The van der Waals surface area contributed by atoms with Crippen molar-refractivity contribution in [1.29, 1.82) is 5.46 Å². The van der Waals surface area contributed by atoms with Gasteiger partial charge in [-0.25, -0.2) is 0 Å². The van der Waals surface area contributed by atoms with E-state index in [0.29, 0.717) is 0 Å². The van der Waals surface area contributed by atoms with Crippen LogP contribution in [0.5, 0.6) is 0 Å². The molecule has 4 nitrogen and oxygen atoms in total. The standard InChI is InChI=1S/C9H18NO.NO/c1-8(2)6-5-7-9(3,4)10(8)11;1-2/h5-7H2,1-4H3;/q;+1. The van der Waals surface area contributed by atoms with Crippen molar-refractivity contribution in [2.75, 3.05) is 0 Å². The summed E-state index contributed by atoms with van der Waals surface area (Å²) in [5, 5.41) is 13.0. The van der Waals surface area contributed by atoms with Gasteiger partial charge in [0.2, 0.25) is 0 Å². The molecular weight excluding hydrogens is 168 g/mol. The third-order valence-electron chi connectivity index (χ3n) is 2.68. The maximum atomic E-state index is 11.7. The third-order valence-corrected chi connectivity index (χ3v) is 2.68. The summed E-state index contributed by atoms with van der Waals surface area (Å²) in [4.78, 5) is 0. The van der Waals surface area contributed by atoms with Crippen molar-refractivity contribution in [2.45, 2.75) is 58.0 Å². The summed E-state index contributed by atoms with van der Waals surface area (Å²) >= 11 is 0. The van der Waals surface area contributed by atoms with E-state index in [0.717, 1.165) is 12.8 Å². The van der Waals surface area contributed by atoms with Gasteiger partial charge in [0.15, 0.2) is 0 Å². The van der Waals surface area contributed by atoms with Crippen molar-refractivity contribution < 1.29 is 9.98 Å². The van der Waals surface area contributed by atoms with Crippen LogP contribution in [-0.4, -0.2) is 16.1 Å². The molecule has 1 aliphatic rings. The SMILES string of the molecule is CC1(C)CCCC(C)(C)N1[O].N#[O+]. The number of rotatable bonds is 0. The number of hydrogen-bond donors (Lipinski definition) is 0. The Kier molecular flexibility index (Phi) is 4.07. The summed E-state index contributed by atoms with van der Waals surface area (Å²) in [6.45, 7) is 8.11. The second-order valence-corrected chi connectivity index (χ2v) is 4.77. The zero-order valence-corrected chi connectivity index (χ0v) is 8.83. The van der Waals surface area contributed by atoms with E-state index in [1.54, 1.807) is 0 Å². The van der Waals surface area contributed by atoms with Gasteiger partial charge in [-0.1, -0.05) is 0 Å². The quantitative estimate of drug-likeness (QED) is 0.544. The summed E-state index contributed by atoms with van der Waals surface area (Å²) < 4.78 is 7.25. The van der Waals surface area contributed by atoms with E-state index >= 15 is 0 Å². The van der Waals surface area contributed by atoms with Gasteiger partial charge in [0.25, 0.3) is 0 Å². The molecule has 0 saturated carbocycles. The van der Waals surface area contributed by atoms with Crippen LogP contribution in [0, 0.1) is 5.46 Å². The number of hydrogen-bond acceptors (Lipinski definition) is 2. The Balaban J connectivity index is 0.000000671. The van der Waals surface area contributed by atoms with Crippen LogP contribution in [0.15, 0.2) is 0 Å². The first-order chi connectivity index (χ1) is 5.86. The van der Waals surface area contributed by atoms with Gasteiger partial charge >= 0.3 is 10.2 Å². The van der Waals surface area contributed by atoms with E-state index in [1.807, 2.05) is 27.7 Å². The molecule has 0 aromatic rings. The van der Waals surface area contributed by atoms with Crippen LogP contribution < -0.4 is 0 Å². The maximum absolute atomic E-state index is 11.7.